The zero-order valence-corrected chi connectivity index (χ0v) is 13.4. The molecule has 0 spiro atoms. The Bertz CT molecular complexity index is 370. The molecule has 19 heavy (non-hydrogen) atoms. The first-order valence-electron chi connectivity index (χ1n) is 7.02. The van der Waals surface area contributed by atoms with E-state index in [0.29, 0.717) is 6.04 Å². The highest BCUT2D eigenvalue weighted by molar-refractivity contribution is 7.98. The van der Waals surface area contributed by atoms with Gasteiger partial charge in [-0.15, -0.1) is 0 Å². The van der Waals surface area contributed by atoms with Crippen molar-refractivity contribution < 1.29 is 5.11 Å². The molecule has 1 rings (SSSR count). The predicted molar refractivity (Wildman–Crippen MR) is 85.8 cm³/mol. The van der Waals surface area contributed by atoms with E-state index in [0.717, 1.165) is 30.7 Å². The minimum atomic E-state index is -0.351. The summed E-state index contributed by atoms with van der Waals surface area (Å²) in [6, 6.07) is 8.71. The van der Waals surface area contributed by atoms with E-state index < -0.39 is 0 Å². The number of thioether (sulfide) groups is 1. The van der Waals surface area contributed by atoms with E-state index in [-0.39, 0.29) is 6.10 Å². The quantitative estimate of drug-likeness (QED) is 0.789. The lowest BCUT2D eigenvalue weighted by atomic mass is 10.0. The maximum Gasteiger partial charge on any atom is 0.0804 e. The van der Waals surface area contributed by atoms with Crippen LogP contribution in [0.25, 0.3) is 0 Å². The minimum absolute atomic E-state index is 0.351. The Morgan fingerprint density at radius 2 is 2.00 bits per heavy atom. The van der Waals surface area contributed by atoms with E-state index >= 15 is 0 Å². The van der Waals surface area contributed by atoms with Crippen LogP contribution in [0.15, 0.2) is 24.3 Å². The zero-order valence-electron chi connectivity index (χ0n) is 12.6. The summed E-state index contributed by atoms with van der Waals surface area (Å²) in [5.74, 6) is 1.16. The second-order valence-electron chi connectivity index (χ2n) is 5.16. The van der Waals surface area contributed by atoms with E-state index in [9.17, 15) is 5.11 Å². The molecule has 0 radical (unpaired) electrons. The van der Waals surface area contributed by atoms with Gasteiger partial charge in [-0.1, -0.05) is 31.2 Å². The molecule has 0 aliphatic carbocycles. The van der Waals surface area contributed by atoms with E-state index in [4.69, 9.17) is 0 Å². The minimum Gasteiger partial charge on any atom is -0.388 e. The van der Waals surface area contributed by atoms with Crippen LogP contribution in [-0.4, -0.2) is 41.6 Å². The monoisotopic (exact) mass is 281 g/mol. The summed E-state index contributed by atoms with van der Waals surface area (Å²) < 4.78 is 0. The van der Waals surface area contributed by atoms with Crippen LogP contribution in [0.2, 0.25) is 0 Å². The van der Waals surface area contributed by atoms with Crippen LogP contribution in [0.1, 0.15) is 37.0 Å². The van der Waals surface area contributed by atoms with Gasteiger partial charge in [-0.25, -0.2) is 0 Å². The third kappa shape index (κ3) is 5.17. The molecule has 108 valence electrons. The van der Waals surface area contributed by atoms with Gasteiger partial charge in [0.2, 0.25) is 0 Å². The third-order valence-corrected chi connectivity index (χ3v) is 4.47. The average molecular weight is 281 g/mol. The molecule has 0 amide bonds. The van der Waals surface area contributed by atoms with Gasteiger partial charge in [0.05, 0.1) is 6.10 Å². The largest absolute Gasteiger partial charge is 0.388 e. The average Bonchev–Trinajstić information content (AvgIpc) is 2.42. The fourth-order valence-electron chi connectivity index (χ4n) is 2.37. The summed E-state index contributed by atoms with van der Waals surface area (Å²) in [5, 5.41) is 10.3. The number of aliphatic hydroxyl groups excluding tert-OH is 1. The summed E-state index contributed by atoms with van der Waals surface area (Å²) in [6.45, 7) is 5.23. The Morgan fingerprint density at radius 3 is 2.58 bits per heavy atom. The SMILES string of the molecule is CCC(CSC)N(C)CCC(O)c1ccccc1C. The first-order chi connectivity index (χ1) is 9.10. The second-order valence-corrected chi connectivity index (χ2v) is 6.07. The normalized spacial score (nSPS) is 14.6. The fourth-order valence-corrected chi connectivity index (χ4v) is 3.25. The molecule has 2 unspecified atom stereocenters. The lowest BCUT2D eigenvalue weighted by Crippen LogP contribution is -2.34. The highest BCUT2D eigenvalue weighted by Gasteiger charge is 2.15. The van der Waals surface area contributed by atoms with Crippen LogP contribution in [0.4, 0.5) is 0 Å². The molecule has 2 atom stereocenters. The maximum absolute atomic E-state index is 10.3. The molecule has 2 nitrogen and oxygen atoms in total. The number of benzene rings is 1. The van der Waals surface area contributed by atoms with E-state index in [1.165, 1.54) is 5.56 Å². The maximum atomic E-state index is 10.3. The molecule has 0 heterocycles. The van der Waals surface area contributed by atoms with Crippen molar-refractivity contribution in [3.63, 3.8) is 0 Å². The van der Waals surface area contributed by atoms with Gasteiger partial charge < -0.3 is 10.0 Å². The Labute approximate surface area is 122 Å². The van der Waals surface area contributed by atoms with Crippen LogP contribution in [-0.2, 0) is 0 Å². The fraction of sp³-hybridized carbons (Fsp3) is 0.625. The summed E-state index contributed by atoms with van der Waals surface area (Å²) in [4.78, 5) is 2.37. The van der Waals surface area contributed by atoms with Crippen molar-refractivity contribution in [2.45, 2.75) is 38.8 Å². The van der Waals surface area contributed by atoms with Gasteiger partial charge in [0.1, 0.15) is 0 Å². The van der Waals surface area contributed by atoms with Crippen molar-refractivity contribution in [2.24, 2.45) is 0 Å². The summed E-state index contributed by atoms with van der Waals surface area (Å²) in [5.41, 5.74) is 2.24. The van der Waals surface area contributed by atoms with Crippen LogP contribution < -0.4 is 0 Å². The second kappa shape index (κ2) is 8.62. The first kappa shape index (κ1) is 16.5. The highest BCUT2D eigenvalue weighted by Crippen LogP contribution is 2.21. The first-order valence-corrected chi connectivity index (χ1v) is 8.42. The van der Waals surface area contributed by atoms with Gasteiger partial charge >= 0.3 is 0 Å². The lowest BCUT2D eigenvalue weighted by molar-refractivity contribution is 0.138. The number of hydrogen-bond acceptors (Lipinski definition) is 3. The standard InChI is InChI=1S/C16H27NOS/c1-5-14(12-19-4)17(3)11-10-16(18)15-9-7-6-8-13(15)2/h6-9,14,16,18H,5,10-12H2,1-4H3. The molecule has 0 aliphatic rings. The van der Waals surface area contributed by atoms with Gasteiger partial charge in [0.25, 0.3) is 0 Å². The van der Waals surface area contributed by atoms with Gasteiger partial charge in [-0.2, -0.15) is 11.8 Å². The topological polar surface area (TPSA) is 23.5 Å². The van der Waals surface area contributed by atoms with Crippen molar-refractivity contribution >= 4 is 11.8 Å². The van der Waals surface area contributed by atoms with Crippen LogP contribution >= 0.6 is 11.8 Å². The third-order valence-electron chi connectivity index (χ3n) is 3.76. The van der Waals surface area contributed by atoms with Crippen molar-refractivity contribution in [2.75, 3.05) is 25.6 Å². The Hall–Kier alpha value is -0.510. The number of hydrogen-bond donors (Lipinski definition) is 1. The molecule has 0 aliphatic heterocycles. The van der Waals surface area contributed by atoms with Gasteiger partial charge in [0, 0.05) is 18.3 Å². The van der Waals surface area contributed by atoms with E-state index in [2.05, 4.69) is 38.1 Å². The van der Waals surface area contributed by atoms with Gasteiger partial charge in [-0.3, -0.25) is 0 Å². The van der Waals surface area contributed by atoms with Crippen molar-refractivity contribution in [1.29, 1.82) is 0 Å². The van der Waals surface area contributed by atoms with Crippen molar-refractivity contribution in [3.05, 3.63) is 35.4 Å². The van der Waals surface area contributed by atoms with Crippen LogP contribution in [0.5, 0.6) is 0 Å². The number of nitrogens with zero attached hydrogens (tertiary/aromatic N) is 1. The smallest absolute Gasteiger partial charge is 0.0804 e. The van der Waals surface area contributed by atoms with Crippen LogP contribution in [0, 0.1) is 6.92 Å². The molecular formula is C16H27NOS. The molecule has 0 aromatic heterocycles. The molecule has 0 bridgehead atoms. The van der Waals surface area contributed by atoms with E-state index in [1.807, 2.05) is 30.0 Å². The molecule has 1 aromatic rings. The molecule has 1 N–H and O–H groups in total. The molecule has 0 saturated heterocycles. The summed E-state index contributed by atoms with van der Waals surface area (Å²) in [7, 11) is 2.16. The van der Waals surface area contributed by atoms with Crippen LogP contribution in [0.3, 0.4) is 0 Å². The summed E-state index contributed by atoms with van der Waals surface area (Å²) in [6.07, 6.45) is 3.76. The summed E-state index contributed by atoms with van der Waals surface area (Å²) >= 11 is 1.89. The van der Waals surface area contributed by atoms with Gasteiger partial charge in [-0.05, 0) is 44.2 Å². The molecule has 3 heteroatoms. The lowest BCUT2D eigenvalue weighted by Gasteiger charge is -2.27. The molecular weight excluding hydrogens is 254 g/mol. The van der Waals surface area contributed by atoms with Crippen molar-refractivity contribution in [3.8, 4) is 0 Å². The van der Waals surface area contributed by atoms with Crippen molar-refractivity contribution in [1.82, 2.24) is 4.90 Å². The molecule has 1 aromatic carbocycles. The Morgan fingerprint density at radius 1 is 1.32 bits per heavy atom. The highest BCUT2D eigenvalue weighted by atomic mass is 32.2. The van der Waals surface area contributed by atoms with E-state index in [1.54, 1.807) is 0 Å². The molecule has 0 saturated carbocycles. The zero-order chi connectivity index (χ0) is 14.3. The number of aliphatic hydroxyl groups is 1. The predicted octanol–water partition coefficient (Wildman–Crippen LogP) is 3.49. The molecule has 0 fully saturated rings. The number of rotatable bonds is 8. The van der Waals surface area contributed by atoms with Gasteiger partial charge in [0.15, 0.2) is 0 Å². The Balaban J connectivity index is 2.50. The number of aryl methyl sites for hydroxylation is 1. The Kier molecular flexibility index (Phi) is 7.51.